The van der Waals surface area contributed by atoms with Gasteiger partial charge in [-0.15, -0.1) is 23.1 Å². The summed E-state index contributed by atoms with van der Waals surface area (Å²) < 4.78 is 0. The van der Waals surface area contributed by atoms with Gasteiger partial charge in [0.2, 0.25) is 0 Å². The molecule has 0 aliphatic heterocycles. The summed E-state index contributed by atoms with van der Waals surface area (Å²) in [6.07, 6.45) is 0. The molecule has 29 heavy (non-hydrogen) atoms. The fraction of sp³-hybridized carbons (Fsp3) is 0.182. The highest BCUT2D eigenvalue weighted by Gasteiger charge is 2.13. The molecule has 0 aliphatic rings. The molecule has 4 nitrogen and oxygen atoms in total. The van der Waals surface area contributed by atoms with Crippen LogP contribution >= 0.6 is 34.7 Å². The number of carbonyl (C=O) groups is 2. The summed E-state index contributed by atoms with van der Waals surface area (Å²) >= 11 is 9.22. The van der Waals surface area contributed by atoms with Crippen molar-refractivity contribution in [2.75, 3.05) is 17.6 Å². The lowest BCUT2D eigenvalue weighted by Gasteiger charge is -2.10. The van der Waals surface area contributed by atoms with Gasteiger partial charge in [0.25, 0.3) is 11.8 Å². The van der Waals surface area contributed by atoms with Crippen molar-refractivity contribution in [3.63, 3.8) is 0 Å². The fourth-order valence-corrected chi connectivity index (χ4v) is 4.24. The highest BCUT2D eigenvalue weighted by molar-refractivity contribution is 7.99. The number of halogens is 1. The number of anilines is 1. The summed E-state index contributed by atoms with van der Waals surface area (Å²) in [5.41, 5.74) is 3.40. The first kappa shape index (κ1) is 21.4. The first-order valence-corrected chi connectivity index (χ1v) is 11.3. The van der Waals surface area contributed by atoms with Crippen LogP contribution in [0.4, 0.5) is 5.69 Å². The molecule has 0 fully saturated rings. The number of rotatable bonds is 7. The number of hydrogen-bond donors (Lipinski definition) is 2. The highest BCUT2D eigenvalue weighted by Crippen LogP contribution is 2.25. The lowest BCUT2D eigenvalue weighted by atomic mass is 10.1. The number of thiophene rings is 1. The van der Waals surface area contributed by atoms with Crippen molar-refractivity contribution in [3.8, 4) is 0 Å². The summed E-state index contributed by atoms with van der Waals surface area (Å²) in [6, 6.07) is 14.8. The van der Waals surface area contributed by atoms with Gasteiger partial charge in [-0.25, -0.2) is 0 Å². The van der Waals surface area contributed by atoms with Crippen LogP contribution in [0.25, 0.3) is 0 Å². The van der Waals surface area contributed by atoms with Crippen molar-refractivity contribution in [3.05, 3.63) is 80.5 Å². The fourth-order valence-electron chi connectivity index (χ4n) is 2.59. The lowest BCUT2D eigenvalue weighted by Crippen LogP contribution is -2.25. The van der Waals surface area contributed by atoms with E-state index in [1.807, 2.05) is 5.38 Å². The average Bonchev–Trinajstić information content (AvgIpc) is 3.24. The number of amides is 2. The van der Waals surface area contributed by atoms with Crippen LogP contribution in [0, 0.1) is 13.8 Å². The second-order valence-electron chi connectivity index (χ2n) is 6.48. The molecule has 2 amide bonds. The smallest absolute Gasteiger partial charge is 0.265 e. The second-order valence-corrected chi connectivity index (χ2v) is 9.00. The Labute approximate surface area is 183 Å². The van der Waals surface area contributed by atoms with Crippen LogP contribution in [0.3, 0.4) is 0 Å². The van der Waals surface area contributed by atoms with Crippen molar-refractivity contribution in [1.29, 1.82) is 0 Å². The molecule has 0 spiro atoms. The molecule has 1 aromatic heterocycles. The number of carbonyl (C=O) groups excluding carboxylic acids is 2. The van der Waals surface area contributed by atoms with Crippen LogP contribution < -0.4 is 10.6 Å². The average molecular weight is 445 g/mol. The van der Waals surface area contributed by atoms with Crippen molar-refractivity contribution in [1.82, 2.24) is 5.32 Å². The van der Waals surface area contributed by atoms with E-state index in [9.17, 15) is 9.59 Å². The van der Waals surface area contributed by atoms with E-state index < -0.39 is 0 Å². The van der Waals surface area contributed by atoms with Gasteiger partial charge >= 0.3 is 0 Å². The van der Waals surface area contributed by atoms with Crippen LogP contribution in [-0.2, 0) is 0 Å². The Hall–Kier alpha value is -2.28. The zero-order valence-corrected chi connectivity index (χ0v) is 18.5. The molecule has 3 rings (SSSR count). The first-order valence-electron chi connectivity index (χ1n) is 9.06. The third-order valence-corrected chi connectivity index (χ3v) is 6.55. The van der Waals surface area contributed by atoms with Crippen molar-refractivity contribution in [2.45, 2.75) is 18.7 Å². The van der Waals surface area contributed by atoms with E-state index in [1.54, 1.807) is 42.1 Å². The van der Waals surface area contributed by atoms with Crippen molar-refractivity contribution < 1.29 is 9.59 Å². The third-order valence-electron chi connectivity index (χ3n) is 4.36. The standard InChI is InChI=1S/C22H21ClN2O2S2/c1-14-5-7-17(12-15(14)2)28-11-9-24-21(26)16-6-8-18(23)19(13-16)25-22(27)20-4-3-10-29-20/h3-8,10,12-13H,9,11H2,1-2H3,(H,24,26)(H,25,27). The molecule has 150 valence electrons. The minimum atomic E-state index is -0.246. The van der Waals surface area contributed by atoms with Gasteiger partial charge in [-0.3, -0.25) is 9.59 Å². The van der Waals surface area contributed by atoms with Crippen LogP contribution in [0.15, 0.2) is 58.8 Å². The van der Waals surface area contributed by atoms with Gasteiger partial charge in [0.15, 0.2) is 0 Å². The van der Waals surface area contributed by atoms with Gasteiger partial charge in [0.1, 0.15) is 0 Å². The van der Waals surface area contributed by atoms with Gasteiger partial charge < -0.3 is 10.6 Å². The van der Waals surface area contributed by atoms with E-state index in [4.69, 9.17) is 11.6 Å². The molecule has 0 unspecified atom stereocenters. The van der Waals surface area contributed by atoms with E-state index in [0.717, 1.165) is 5.75 Å². The summed E-state index contributed by atoms with van der Waals surface area (Å²) in [5, 5.41) is 7.89. The number of benzene rings is 2. The summed E-state index contributed by atoms with van der Waals surface area (Å²) in [6.45, 7) is 4.72. The molecular formula is C22H21ClN2O2S2. The molecule has 3 aromatic rings. The molecule has 0 aliphatic carbocycles. The van der Waals surface area contributed by atoms with Gasteiger partial charge in [-0.1, -0.05) is 23.7 Å². The maximum atomic E-state index is 12.5. The Kier molecular flexibility index (Phi) is 7.36. The zero-order chi connectivity index (χ0) is 20.8. The van der Waals surface area contributed by atoms with Gasteiger partial charge in [0.05, 0.1) is 15.6 Å². The Morgan fingerprint density at radius 3 is 2.59 bits per heavy atom. The van der Waals surface area contributed by atoms with E-state index in [-0.39, 0.29) is 11.8 Å². The monoisotopic (exact) mass is 444 g/mol. The molecule has 0 radical (unpaired) electrons. The number of nitrogens with one attached hydrogen (secondary N) is 2. The molecule has 2 N–H and O–H groups in total. The molecular weight excluding hydrogens is 424 g/mol. The van der Waals surface area contributed by atoms with Crippen LogP contribution in [0.1, 0.15) is 31.2 Å². The maximum Gasteiger partial charge on any atom is 0.265 e. The van der Waals surface area contributed by atoms with E-state index in [2.05, 4.69) is 42.7 Å². The minimum absolute atomic E-state index is 0.200. The van der Waals surface area contributed by atoms with Gasteiger partial charge in [-0.2, -0.15) is 0 Å². The van der Waals surface area contributed by atoms with Gasteiger partial charge in [-0.05, 0) is 66.8 Å². The molecule has 0 saturated heterocycles. The van der Waals surface area contributed by atoms with Crippen LogP contribution in [0.2, 0.25) is 5.02 Å². The predicted octanol–water partition coefficient (Wildman–Crippen LogP) is 5.79. The second kappa shape index (κ2) is 9.96. The molecule has 0 saturated carbocycles. The Morgan fingerprint density at radius 1 is 1.03 bits per heavy atom. The molecule has 1 heterocycles. The maximum absolute atomic E-state index is 12.5. The van der Waals surface area contributed by atoms with Crippen molar-refractivity contribution in [2.24, 2.45) is 0 Å². The van der Waals surface area contributed by atoms with E-state index in [1.165, 1.54) is 27.4 Å². The van der Waals surface area contributed by atoms with Crippen LogP contribution in [-0.4, -0.2) is 24.1 Å². The Balaban J connectivity index is 1.55. The molecule has 0 bridgehead atoms. The molecule has 0 atom stereocenters. The van der Waals surface area contributed by atoms with E-state index >= 15 is 0 Å². The topological polar surface area (TPSA) is 58.2 Å². The highest BCUT2D eigenvalue weighted by atomic mass is 35.5. The van der Waals surface area contributed by atoms with E-state index in [0.29, 0.717) is 27.7 Å². The lowest BCUT2D eigenvalue weighted by molar-refractivity contribution is 0.0954. The summed E-state index contributed by atoms with van der Waals surface area (Å²) in [5.74, 6) is 0.322. The SMILES string of the molecule is Cc1ccc(SCCNC(=O)c2ccc(Cl)c(NC(=O)c3cccs3)c2)cc1C. The minimum Gasteiger partial charge on any atom is -0.351 e. The van der Waals surface area contributed by atoms with Crippen LogP contribution in [0.5, 0.6) is 0 Å². The molecule has 2 aromatic carbocycles. The Bertz CT molecular complexity index is 1020. The Morgan fingerprint density at radius 2 is 1.86 bits per heavy atom. The number of hydrogen-bond acceptors (Lipinski definition) is 4. The normalized spacial score (nSPS) is 10.6. The molecule has 7 heteroatoms. The summed E-state index contributed by atoms with van der Waals surface area (Å²) in [7, 11) is 0. The third kappa shape index (κ3) is 5.85. The quantitative estimate of drug-likeness (QED) is 0.358. The largest absolute Gasteiger partial charge is 0.351 e. The number of aryl methyl sites for hydroxylation is 2. The predicted molar refractivity (Wildman–Crippen MR) is 123 cm³/mol. The van der Waals surface area contributed by atoms with Gasteiger partial charge in [0, 0.05) is 22.8 Å². The zero-order valence-electron chi connectivity index (χ0n) is 16.1. The summed E-state index contributed by atoms with van der Waals surface area (Å²) in [4.78, 5) is 26.5. The first-order chi connectivity index (χ1) is 13.9. The number of thioether (sulfide) groups is 1. The van der Waals surface area contributed by atoms with Crippen molar-refractivity contribution >= 4 is 52.2 Å².